The van der Waals surface area contributed by atoms with Gasteiger partial charge in [-0.2, -0.15) is 0 Å². The predicted octanol–water partition coefficient (Wildman–Crippen LogP) is 1.84. The van der Waals surface area contributed by atoms with Crippen LogP contribution in [0.3, 0.4) is 0 Å². The summed E-state index contributed by atoms with van der Waals surface area (Å²) in [5.74, 6) is 0.623. The van der Waals surface area contributed by atoms with Crippen LogP contribution in [0.1, 0.15) is 12.7 Å². The van der Waals surface area contributed by atoms with Crippen LogP contribution in [0.25, 0.3) is 11.0 Å². The van der Waals surface area contributed by atoms with E-state index in [9.17, 15) is 13.2 Å². The number of ether oxygens (including phenoxy) is 1. The third-order valence-electron chi connectivity index (χ3n) is 3.03. The molecule has 7 heteroatoms. The van der Waals surface area contributed by atoms with Crippen LogP contribution in [0.5, 0.6) is 5.75 Å². The Kier molecular flexibility index (Phi) is 3.40. The zero-order chi connectivity index (χ0) is 14.2. The second kappa shape index (κ2) is 4.73. The topological polar surface area (TPSA) is 44.1 Å². The summed E-state index contributed by atoms with van der Waals surface area (Å²) >= 11 is 0. The van der Waals surface area contributed by atoms with Gasteiger partial charge in [0.1, 0.15) is 5.75 Å². The fraction of sp³-hybridized carbons (Fsp3) is 0.417. The van der Waals surface area contributed by atoms with Crippen molar-refractivity contribution in [2.45, 2.75) is 26.4 Å². The minimum Gasteiger partial charge on any atom is -0.406 e. The smallest absolute Gasteiger partial charge is 0.406 e. The van der Waals surface area contributed by atoms with E-state index in [1.807, 2.05) is 23.1 Å². The molecule has 0 aliphatic heterocycles. The SMILES string of the molecule is CCn1c(CN)[n+](C)c2ccc(OC(F)(F)F)cc21. The van der Waals surface area contributed by atoms with Crippen molar-refractivity contribution in [1.82, 2.24) is 4.57 Å². The molecular weight excluding hydrogens is 259 g/mol. The van der Waals surface area contributed by atoms with Gasteiger partial charge < -0.3 is 10.5 Å². The van der Waals surface area contributed by atoms with Crippen LogP contribution >= 0.6 is 0 Å². The number of fused-ring (bicyclic) bond motifs is 1. The van der Waals surface area contributed by atoms with Crippen molar-refractivity contribution in [3.05, 3.63) is 24.0 Å². The molecule has 0 saturated carbocycles. The van der Waals surface area contributed by atoms with Gasteiger partial charge in [-0.15, -0.1) is 13.2 Å². The quantitative estimate of drug-likeness (QED) is 0.868. The Bertz CT molecular complexity index is 604. The number of benzene rings is 1. The molecule has 104 valence electrons. The molecule has 1 aromatic carbocycles. The maximum atomic E-state index is 12.2. The van der Waals surface area contributed by atoms with E-state index < -0.39 is 6.36 Å². The highest BCUT2D eigenvalue weighted by Crippen LogP contribution is 2.26. The summed E-state index contributed by atoms with van der Waals surface area (Å²) in [4.78, 5) is 0. The average molecular weight is 274 g/mol. The molecular formula is C12H15F3N3O+. The monoisotopic (exact) mass is 274 g/mol. The average Bonchev–Trinajstić information content (AvgIpc) is 2.59. The van der Waals surface area contributed by atoms with Crippen molar-refractivity contribution >= 4 is 11.0 Å². The van der Waals surface area contributed by atoms with Crippen LogP contribution < -0.4 is 15.0 Å². The Morgan fingerprint density at radius 2 is 2.05 bits per heavy atom. The molecule has 2 N–H and O–H groups in total. The molecule has 0 saturated heterocycles. The Balaban J connectivity index is 2.59. The van der Waals surface area contributed by atoms with Gasteiger partial charge in [0, 0.05) is 6.07 Å². The maximum absolute atomic E-state index is 12.2. The number of imidazole rings is 1. The first-order chi connectivity index (χ1) is 8.87. The van der Waals surface area contributed by atoms with E-state index in [1.165, 1.54) is 12.1 Å². The largest absolute Gasteiger partial charge is 0.573 e. The molecule has 2 rings (SSSR count). The van der Waals surface area contributed by atoms with Gasteiger partial charge in [0.2, 0.25) is 0 Å². The highest BCUT2D eigenvalue weighted by Gasteiger charge is 2.32. The fourth-order valence-corrected chi connectivity index (χ4v) is 2.26. The number of hydrogen-bond donors (Lipinski definition) is 1. The van der Waals surface area contributed by atoms with E-state index in [2.05, 4.69) is 4.74 Å². The van der Waals surface area contributed by atoms with E-state index in [-0.39, 0.29) is 5.75 Å². The first-order valence-corrected chi connectivity index (χ1v) is 5.84. The zero-order valence-electron chi connectivity index (χ0n) is 10.7. The van der Waals surface area contributed by atoms with Crippen LogP contribution in [0, 0.1) is 0 Å². The number of nitrogens with two attached hydrogens (primary N) is 1. The molecule has 0 unspecified atom stereocenters. The summed E-state index contributed by atoms with van der Waals surface area (Å²) < 4.78 is 44.3. The lowest BCUT2D eigenvalue weighted by molar-refractivity contribution is -0.654. The number of hydrogen-bond acceptors (Lipinski definition) is 2. The van der Waals surface area contributed by atoms with Gasteiger partial charge in [-0.1, -0.05) is 0 Å². The number of aryl methyl sites for hydroxylation is 2. The molecule has 0 amide bonds. The van der Waals surface area contributed by atoms with E-state index in [0.29, 0.717) is 18.6 Å². The van der Waals surface area contributed by atoms with E-state index in [0.717, 1.165) is 11.3 Å². The van der Waals surface area contributed by atoms with Crippen LogP contribution in [0.2, 0.25) is 0 Å². The van der Waals surface area contributed by atoms with Crippen LogP contribution in [-0.4, -0.2) is 10.9 Å². The lowest BCUT2D eigenvalue weighted by Gasteiger charge is -2.07. The number of nitrogens with zero attached hydrogens (tertiary/aromatic N) is 2. The molecule has 2 aromatic rings. The van der Waals surface area contributed by atoms with E-state index in [4.69, 9.17) is 5.73 Å². The first-order valence-electron chi connectivity index (χ1n) is 5.84. The number of halogens is 3. The Hall–Kier alpha value is -1.76. The summed E-state index contributed by atoms with van der Waals surface area (Å²) in [7, 11) is 1.83. The molecule has 0 aliphatic rings. The van der Waals surface area contributed by atoms with Gasteiger partial charge >= 0.3 is 6.36 Å². The molecule has 4 nitrogen and oxygen atoms in total. The van der Waals surface area contributed by atoms with Gasteiger partial charge in [-0.05, 0) is 19.1 Å². The van der Waals surface area contributed by atoms with E-state index >= 15 is 0 Å². The molecule has 0 atom stereocenters. The van der Waals surface area contributed by atoms with Crippen LogP contribution in [0.15, 0.2) is 18.2 Å². The maximum Gasteiger partial charge on any atom is 0.573 e. The van der Waals surface area contributed by atoms with E-state index in [1.54, 1.807) is 6.07 Å². The molecule has 1 heterocycles. The minimum atomic E-state index is -4.68. The summed E-state index contributed by atoms with van der Waals surface area (Å²) in [6, 6.07) is 4.28. The second-order valence-corrected chi connectivity index (χ2v) is 4.12. The summed E-state index contributed by atoms with van der Waals surface area (Å²) in [5, 5.41) is 0. The number of aromatic nitrogens is 2. The van der Waals surface area contributed by atoms with Crippen molar-refractivity contribution in [3.63, 3.8) is 0 Å². The lowest BCUT2D eigenvalue weighted by atomic mass is 10.3. The fourth-order valence-electron chi connectivity index (χ4n) is 2.26. The summed E-state index contributed by atoms with van der Waals surface area (Å²) in [6.45, 7) is 2.85. The first kappa shape index (κ1) is 13.7. The van der Waals surface area contributed by atoms with Crippen molar-refractivity contribution in [2.24, 2.45) is 12.8 Å². The van der Waals surface area contributed by atoms with Crippen molar-refractivity contribution in [2.75, 3.05) is 0 Å². The number of alkyl halides is 3. The Morgan fingerprint density at radius 3 is 2.58 bits per heavy atom. The zero-order valence-corrected chi connectivity index (χ0v) is 10.7. The standard InChI is InChI=1S/C12H15F3N3O/c1-3-18-10-6-8(19-12(13,14)15)4-5-9(10)17(2)11(18)7-16/h4-6H,3,7,16H2,1-2H3/q+1. The number of rotatable bonds is 3. The molecule has 19 heavy (non-hydrogen) atoms. The lowest BCUT2D eigenvalue weighted by Crippen LogP contribution is -2.34. The van der Waals surface area contributed by atoms with Crippen molar-refractivity contribution < 1.29 is 22.5 Å². The molecule has 0 aliphatic carbocycles. The van der Waals surface area contributed by atoms with Gasteiger partial charge in [-0.3, -0.25) is 0 Å². The third kappa shape index (κ3) is 2.51. The molecule has 1 aromatic heterocycles. The molecule has 0 radical (unpaired) electrons. The molecule has 0 bridgehead atoms. The molecule has 0 fully saturated rings. The Morgan fingerprint density at radius 1 is 1.37 bits per heavy atom. The predicted molar refractivity (Wildman–Crippen MR) is 63.4 cm³/mol. The van der Waals surface area contributed by atoms with Gasteiger partial charge in [0.15, 0.2) is 11.0 Å². The molecule has 0 spiro atoms. The Labute approximate surface area is 108 Å². The minimum absolute atomic E-state index is 0.226. The summed E-state index contributed by atoms with van der Waals surface area (Å²) in [6.07, 6.45) is -4.68. The van der Waals surface area contributed by atoms with Gasteiger partial charge in [0.25, 0.3) is 5.82 Å². The summed E-state index contributed by atoms with van der Waals surface area (Å²) in [5.41, 5.74) is 7.17. The second-order valence-electron chi connectivity index (χ2n) is 4.12. The van der Waals surface area contributed by atoms with Crippen LogP contribution in [0.4, 0.5) is 13.2 Å². The van der Waals surface area contributed by atoms with Crippen molar-refractivity contribution in [3.8, 4) is 5.75 Å². The highest BCUT2D eigenvalue weighted by molar-refractivity contribution is 5.74. The van der Waals surface area contributed by atoms with Gasteiger partial charge in [0.05, 0.1) is 20.1 Å². The third-order valence-corrected chi connectivity index (χ3v) is 3.03. The van der Waals surface area contributed by atoms with Crippen molar-refractivity contribution in [1.29, 1.82) is 0 Å². The van der Waals surface area contributed by atoms with Crippen LogP contribution in [-0.2, 0) is 20.1 Å². The van der Waals surface area contributed by atoms with Gasteiger partial charge in [-0.25, -0.2) is 9.13 Å². The highest BCUT2D eigenvalue weighted by atomic mass is 19.4. The normalized spacial score (nSPS) is 12.1.